The predicted octanol–water partition coefficient (Wildman–Crippen LogP) is 4.57. The predicted molar refractivity (Wildman–Crippen MR) is 119 cm³/mol. The molecule has 1 atom stereocenters. The number of fused-ring (bicyclic) bond motifs is 1. The number of carbonyl (C=O) groups excluding carboxylic acids is 2. The Kier molecular flexibility index (Phi) is 6.23. The zero-order valence-corrected chi connectivity index (χ0v) is 17.7. The van der Waals surface area contributed by atoms with Crippen molar-refractivity contribution in [1.29, 1.82) is 0 Å². The Balaban J connectivity index is 1.31. The molecule has 0 radical (unpaired) electrons. The molecule has 4 rings (SSSR count). The molecule has 5 nitrogen and oxygen atoms in total. The smallest absolute Gasteiger partial charge is 0.331 e. The molecule has 1 amide bonds. The molecule has 1 aliphatic rings. The lowest BCUT2D eigenvalue weighted by atomic mass is 9.99. The van der Waals surface area contributed by atoms with Gasteiger partial charge in [-0.2, -0.15) is 0 Å². The second-order valence-electron chi connectivity index (χ2n) is 7.55. The van der Waals surface area contributed by atoms with E-state index in [0.717, 1.165) is 34.5 Å². The average Bonchev–Trinajstić information content (AvgIpc) is 3.20. The van der Waals surface area contributed by atoms with Gasteiger partial charge in [0.15, 0.2) is 6.61 Å². The summed E-state index contributed by atoms with van der Waals surface area (Å²) in [7, 11) is 0. The second kappa shape index (κ2) is 9.22. The van der Waals surface area contributed by atoms with Crippen LogP contribution in [-0.2, 0) is 14.3 Å². The number of esters is 1. The van der Waals surface area contributed by atoms with E-state index in [1.54, 1.807) is 22.3 Å². The zero-order chi connectivity index (χ0) is 20.9. The molecule has 0 N–H and O–H groups in total. The van der Waals surface area contributed by atoms with E-state index in [4.69, 9.17) is 9.72 Å². The van der Waals surface area contributed by atoms with Crippen molar-refractivity contribution in [2.75, 3.05) is 19.7 Å². The van der Waals surface area contributed by atoms with Crippen LogP contribution in [0.3, 0.4) is 0 Å². The molecule has 6 heteroatoms. The number of ether oxygens (including phenoxy) is 1. The van der Waals surface area contributed by atoms with Crippen LogP contribution in [0.15, 0.2) is 54.6 Å². The van der Waals surface area contributed by atoms with Crippen LogP contribution in [0.2, 0.25) is 0 Å². The highest BCUT2D eigenvalue weighted by atomic mass is 32.1. The summed E-state index contributed by atoms with van der Waals surface area (Å²) >= 11 is 1.70. The van der Waals surface area contributed by atoms with Crippen molar-refractivity contribution in [3.63, 3.8) is 0 Å². The zero-order valence-electron chi connectivity index (χ0n) is 16.9. The van der Waals surface area contributed by atoms with Crippen molar-refractivity contribution in [3.8, 4) is 0 Å². The average molecular weight is 421 g/mol. The summed E-state index contributed by atoms with van der Waals surface area (Å²) in [6.45, 7) is 3.07. The van der Waals surface area contributed by atoms with Gasteiger partial charge in [0.25, 0.3) is 5.91 Å². The van der Waals surface area contributed by atoms with Gasteiger partial charge in [-0.25, -0.2) is 9.78 Å². The summed E-state index contributed by atoms with van der Waals surface area (Å²) in [5, 5.41) is 1.08. The Morgan fingerprint density at radius 1 is 1.23 bits per heavy atom. The fourth-order valence-corrected chi connectivity index (χ4v) is 4.77. The van der Waals surface area contributed by atoms with Crippen molar-refractivity contribution in [2.45, 2.75) is 25.7 Å². The highest BCUT2D eigenvalue weighted by Gasteiger charge is 2.27. The molecule has 0 spiro atoms. The molecule has 0 bridgehead atoms. The van der Waals surface area contributed by atoms with E-state index in [9.17, 15) is 9.59 Å². The molecule has 2 heterocycles. The Hall–Kier alpha value is -2.99. The summed E-state index contributed by atoms with van der Waals surface area (Å²) in [5.41, 5.74) is 3.05. The number of aromatic nitrogens is 1. The molecule has 1 saturated heterocycles. The first-order valence-corrected chi connectivity index (χ1v) is 10.9. The lowest BCUT2D eigenvalue weighted by Crippen LogP contribution is -2.41. The Morgan fingerprint density at radius 2 is 2.10 bits per heavy atom. The molecule has 1 fully saturated rings. The Labute approximate surface area is 180 Å². The maximum absolute atomic E-state index is 12.6. The van der Waals surface area contributed by atoms with Gasteiger partial charge in [-0.3, -0.25) is 4.79 Å². The van der Waals surface area contributed by atoms with Crippen molar-refractivity contribution in [3.05, 3.63) is 70.7 Å². The van der Waals surface area contributed by atoms with Crippen LogP contribution in [0.5, 0.6) is 0 Å². The van der Waals surface area contributed by atoms with E-state index in [1.807, 2.05) is 49.4 Å². The molecule has 0 aliphatic carbocycles. The van der Waals surface area contributed by atoms with E-state index < -0.39 is 5.97 Å². The van der Waals surface area contributed by atoms with Gasteiger partial charge in [-0.15, -0.1) is 11.3 Å². The molecular formula is C24H24N2O3S. The largest absolute Gasteiger partial charge is 0.452 e. The number of hydrogen-bond donors (Lipinski definition) is 0. The molecular weight excluding hydrogens is 396 g/mol. The van der Waals surface area contributed by atoms with Crippen molar-refractivity contribution in [1.82, 2.24) is 9.88 Å². The second-order valence-corrected chi connectivity index (χ2v) is 8.62. The summed E-state index contributed by atoms with van der Waals surface area (Å²) in [6, 6.07) is 15.9. The third kappa shape index (κ3) is 4.94. The van der Waals surface area contributed by atoms with E-state index in [0.29, 0.717) is 13.1 Å². The van der Waals surface area contributed by atoms with Gasteiger partial charge in [0, 0.05) is 25.1 Å². The van der Waals surface area contributed by atoms with Crippen LogP contribution >= 0.6 is 11.3 Å². The van der Waals surface area contributed by atoms with Crippen molar-refractivity contribution >= 4 is 39.5 Å². The minimum absolute atomic E-state index is 0.155. The first-order chi connectivity index (χ1) is 14.6. The standard InChI is InChI=1S/C24H24N2O3S/c1-17-6-4-7-18(14-17)11-12-23(28)29-16-22(27)26-13-5-8-19(15-26)24-25-20-9-2-3-10-21(20)30-24/h2-4,6-7,9-12,14,19H,5,8,13,15-16H2,1H3/b12-11+/t19-/m1/s1. The first kappa shape index (κ1) is 20.3. The molecule has 0 saturated carbocycles. The number of nitrogens with zero attached hydrogens (tertiary/aromatic N) is 2. The van der Waals surface area contributed by atoms with Gasteiger partial charge in [-0.1, -0.05) is 42.0 Å². The van der Waals surface area contributed by atoms with Gasteiger partial charge in [0.1, 0.15) is 0 Å². The molecule has 3 aromatic rings. The molecule has 1 aliphatic heterocycles. The van der Waals surface area contributed by atoms with Gasteiger partial charge in [0.05, 0.1) is 15.2 Å². The third-order valence-electron chi connectivity index (χ3n) is 5.23. The highest BCUT2D eigenvalue weighted by Crippen LogP contribution is 2.32. The fraction of sp³-hybridized carbons (Fsp3) is 0.292. The lowest BCUT2D eigenvalue weighted by molar-refractivity contribution is -0.148. The number of hydrogen-bond acceptors (Lipinski definition) is 5. The number of para-hydroxylation sites is 1. The number of piperidine rings is 1. The number of aryl methyl sites for hydroxylation is 1. The maximum Gasteiger partial charge on any atom is 0.331 e. The SMILES string of the molecule is Cc1cccc(/C=C/C(=O)OCC(=O)N2CCC[C@@H](c3nc4ccccc4s3)C2)c1. The summed E-state index contributed by atoms with van der Waals surface area (Å²) in [5.74, 6) is -0.431. The van der Waals surface area contributed by atoms with Crippen LogP contribution < -0.4 is 0 Å². The van der Waals surface area contributed by atoms with Crippen LogP contribution in [0.4, 0.5) is 0 Å². The number of thiazole rings is 1. The molecule has 2 aromatic carbocycles. The Morgan fingerprint density at radius 3 is 2.93 bits per heavy atom. The van der Waals surface area contributed by atoms with Gasteiger partial charge < -0.3 is 9.64 Å². The Bertz CT molecular complexity index is 1060. The molecule has 30 heavy (non-hydrogen) atoms. The van der Waals surface area contributed by atoms with Gasteiger partial charge >= 0.3 is 5.97 Å². The van der Waals surface area contributed by atoms with Crippen LogP contribution in [-0.4, -0.2) is 41.5 Å². The summed E-state index contributed by atoms with van der Waals surface area (Å²) in [6.07, 6.45) is 5.00. The van der Waals surface area contributed by atoms with E-state index >= 15 is 0 Å². The molecule has 1 aromatic heterocycles. The summed E-state index contributed by atoms with van der Waals surface area (Å²) in [4.78, 5) is 31.1. The monoisotopic (exact) mass is 420 g/mol. The van der Waals surface area contributed by atoms with Crippen LogP contribution in [0.25, 0.3) is 16.3 Å². The van der Waals surface area contributed by atoms with E-state index in [2.05, 4.69) is 6.07 Å². The van der Waals surface area contributed by atoms with Crippen molar-refractivity contribution in [2.24, 2.45) is 0 Å². The quantitative estimate of drug-likeness (QED) is 0.448. The summed E-state index contributed by atoms with van der Waals surface area (Å²) < 4.78 is 6.34. The van der Waals surface area contributed by atoms with Gasteiger partial charge in [-0.05, 0) is 43.5 Å². The van der Waals surface area contributed by atoms with Crippen LogP contribution in [0.1, 0.15) is 34.9 Å². The minimum Gasteiger partial charge on any atom is -0.452 e. The number of rotatable bonds is 5. The third-order valence-corrected chi connectivity index (χ3v) is 6.42. The van der Waals surface area contributed by atoms with E-state index in [-0.39, 0.29) is 18.4 Å². The number of likely N-dealkylation sites (tertiary alicyclic amines) is 1. The number of benzene rings is 2. The number of amides is 1. The minimum atomic E-state index is -0.510. The normalized spacial score (nSPS) is 16.8. The van der Waals surface area contributed by atoms with Gasteiger partial charge in [0.2, 0.25) is 0 Å². The topological polar surface area (TPSA) is 59.5 Å². The molecule has 0 unspecified atom stereocenters. The molecule has 154 valence electrons. The van der Waals surface area contributed by atoms with Crippen LogP contribution in [0, 0.1) is 6.92 Å². The highest BCUT2D eigenvalue weighted by molar-refractivity contribution is 7.18. The maximum atomic E-state index is 12.6. The van der Waals surface area contributed by atoms with E-state index in [1.165, 1.54) is 10.8 Å². The first-order valence-electron chi connectivity index (χ1n) is 10.1. The number of carbonyl (C=O) groups is 2. The lowest BCUT2D eigenvalue weighted by Gasteiger charge is -2.31. The fourth-order valence-electron chi connectivity index (χ4n) is 3.68. The van der Waals surface area contributed by atoms with Crippen molar-refractivity contribution < 1.29 is 14.3 Å².